The van der Waals surface area contributed by atoms with E-state index in [-0.39, 0.29) is 0 Å². The lowest BCUT2D eigenvalue weighted by Gasteiger charge is -2.11. The van der Waals surface area contributed by atoms with Gasteiger partial charge in [0.05, 0.1) is 12.7 Å². The van der Waals surface area contributed by atoms with Crippen molar-refractivity contribution in [3.8, 4) is 5.75 Å². The van der Waals surface area contributed by atoms with E-state index >= 15 is 0 Å². The van der Waals surface area contributed by atoms with E-state index in [0.29, 0.717) is 12.2 Å². The fraction of sp³-hybridized carbons (Fsp3) is 0.400. The molecular weight excluding hydrogens is 193 g/mol. The van der Waals surface area contributed by atoms with E-state index in [4.69, 9.17) is 4.74 Å². The largest absolute Gasteiger partial charge is 0.496 e. The third-order valence-electron chi connectivity index (χ3n) is 2.00. The molecule has 0 heterocycles. The van der Waals surface area contributed by atoms with Crippen LogP contribution in [0.2, 0.25) is 0 Å². The first kappa shape index (κ1) is 10.9. The van der Waals surface area contributed by atoms with Gasteiger partial charge in [0.1, 0.15) is 5.75 Å². The smallest absolute Gasteiger partial charge is 0.416 e. The quantitative estimate of drug-likeness (QED) is 0.718. The molecule has 1 aromatic rings. The Labute approximate surface area is 80.5 Å². The van der Waals surface area contributed by atoms with Gasteiger partial charge in [-0.05, 0) is 24.1 Å². The first-order chi connectivity index (χ1) is 6.49. The Hall–Kier alpha value is -1.19. The zero-order chi connectivity index (χ0) is 10.8. The minimum absolute atomic E-state index is 0.294. The SMILES string of the molecule is CCc1ccc(C(F)(F)F)cc1OC. The van der Waals surface area contributed by atoms with Crippen LogP contribution in [0.3, 0.4) is 0 Å². The van der Waals surface area contributed by atoms with Gasteiger partial charge in [-0.15, -0.1) is 0 Å². The van der Waals surface area contributed by atoms with Crippen LogP contribution in [0.15, 0.2) is 18.2 Å². The first-order valence-corrected chi connectivity index (χ1v) is 4.23. The molecule has 0 spiro atoms. The lowest BCUT2D eigenvalue weighted by molar-refractivity contribution is -0.137. The summed E-state index contributed by atoms with van der Waals surface area (Å²) in [5, 5.41) is 0. The van der Waals surface area contributed by atoms with E-state index in [1.165, 1.54) is 13.2 Å². The van der Waals surface area contributed by atoms with Crippen LogP contribution in [0.5, 0.6) is 5.75 Å². The Balaban J connectivity index is 3.14. The van der Waals surface area contributed by atoms with Crippen LogP contribution in [0.4, 0.5) is 13.2 Å². The Morgan fingerprint density at radius 3 is 2.36 bits per heavy atom. The predicted octanol–water partition coefficient (Wildman–Crippen LogP) is 3.28. The lowest BCUT2D eigenvalue weighted by atomic mass is 10.1. The van der Waals surface area contributed by atoms with Gasteiger partial charge in [-0.2, -0.15) is 13.2 Å². The Morgan fingerprint density at radius 2 is 1.93 bits per heavy atom. The van der Waals surface area contributed by atoms with Crippen molar-refractivity contribution >= 4 is 0 Å². The summed E-state index contributed by atoms with van der Waals surface area (Å²) < 4.78 is 41.7. The van der Waals surface area contributed by atoms with Gasteiger partial charge in [0.15, 0.2) is 0 Å². The third-order valence-corrected chi connectivity index (χ3v) is 2.00. The van der Waals surface area contributed by atoms with E-state index in [0.717, 1.165) is 17.7 Å². The number of hydrogen-bond acceptors (Lipinski definition) is 1. The summed E-state index contributed by atoms with van der Waals surface area (Å²) in [6.45, 7) is 1.87. The highest BCUT2D eigenvalue weighted by molar-refractivity contribution is 5.38. The zero-order valence-corrected chi connectivity index (χ0v) is 7.98. The number of hydrogen-bond donors (Lipinski definition) is 0. The molecule has 0 fully saturated rings. The normalized spacial score (nSPS) is 11.5. The molecule has 0 saturated carbocycles. The number of aryl methyl sites for hydroxylation is 1. The Kier molecular flexibility index (Phi) is 3.03. The second kappa shape index (κ2) is 3.90. The van der Waals surface area contributed by atoms with Crippen molar-refractivity contribution in [2.24, 2.45) is 0 Å². The Bertz CT molecular complexity index is 318. The molecule has 0 aliphatic carbocycles. The molecule has 1 nitrogen and oxygen atoms in total. The predicted molar refractivity (Wildman–Crippen MR) is 47.4 cm³/mol. The summed E-state index contributed by atoms with van der Waals surface area (Å²) in [6, 6.07) is 3.54. The van der Waals surface area contributed by atoms with Crippen molar-refractivity contribution in [3.63, 3.8) is 0 Å². The van der Waals surface area contributed by atoms with E-state index in [9.17, 15) is 13.2 Å². The highest BCUT2D eigenvalue weighted by Gasteiger charge is 2.31. The fourth-order valence-corrected chi connectivity index (χ4v) is 1.21. The second-order valence-corrected chi connectivity index (χ2v) is 2.88. The third kappa shape index (κ3) is 2.19. The molecule has 0 unspecified atom stereocenters. The topological polar surface area (TPSA) is 9.23 Å². The van der Waals surface area contributed by atoms with Crippen molar-refractivity contribution in [2.45, 2.75) is 19.5 Å². The van der Waals surface area contributed by atoms with Gasteiger partial charge in [0.25, 0.3) is 0 Å². The van der Waals surface area contributed by atoms with Crippen LogP contribution in [0, 0.1) is 0 Å². The second-order valence-electron chi connectivity index (χ2n) is 2.88. The van der Waals surface area contributed by atoms with Crippen LogP contribution in [-0.2, 0) is 12.6 Å². The van der Waals surface area contributed by atoms with Gasteiger partial charge >= 0.3 is 6.18 Å². The van der Waals surface area contributed by atoms with Gasteiger partial charge in [-0.1, -0.05) is 13.0 Å². The number of benzene rings is 1. The van der Waals surface area contributed by atoms with E-state index in [2.05, 4.69) is 0 Å². The molecule has 0 saturated heterocycles. The molecule has 1 aromatic carbocycles. The number of alkyl halides is 3. The average Bonchev–Trinajstić information content (AvgIpc) is 2.15. The molecule has 0 amide bonds. The fourth-order valence-electron chi connectivity index (χ4n) is 1.21. The van der Waals surface area contributed by atoms with Crippen LogP contribution in [0.1, 0.15) is 18.1 Å². The van der Waals surface area contributed by atoms with Gasteiger partial charge in [0, 0.05) is 0 Å². The van der Waals surface area contributed by atoms with Crippen LogP contribution >= 0.6 is 0 Å². The maximum Gasteiger partial charge on any atom is 0.416 e. The van der Waals surface area contributed by atoms with Crippen LogP contribution in [-0.4, -0.2) is 7.11 Å². The molecule has 0 aliphatic rings. The van der Waals surface area contributed by atoms with Crippen molar-refractivity contribution in [1.29, 1.82) is 0 Å². The zero-order valence-electron chi connectivity index (χ0n) is 7.98. The minimum Gasteiger partial charge on any atom is -0.496 e. The van der Waals surface area contributed by atoms with Gasteiger partial charge in [-0.25, -0.2) is 0 Å². The van der Waals surface area contributed by atoms with Crippen molar-refractivity contribution in [2.75, 3.05) is 7.11 Å². The summed E-state index contributed by atoms with van der Waals surface area (Å²) in [4.78, 5) is 0. The Morgan fingerprint density at radius 1 is 1.29 bits per heavy atom. The van der Waals surface area contributed by atoms with Crippen LogP contribution < -0.4 is 4.74 Å². The molecule has 78 valence electrons. The van der Waals surface area contributed by atoms with Crippen LogP contribution in [0.25, 0.3) is 0 Å². The van der Waals surface area contributed by atoms with Crippen molar-refractivity contribution in [3.05, 3.63) is 29.3 Å². The molecule has 0 atom stereocenters. The average molecular weight is 204 g/mol. The maximum absolute atomic E-state index is 12.3. The monoisotopic (exact) mass is 204 g/mol. The molecule has 0 radical (unpaired) electrons. The van der Waals surface area contributed by atoms with Crippen molar-refractivity contribution < 1.29 is 17.9 Å². The van der Waals surface area contributed by atoms with Gasteiger partial charge in [0.2, 0.25) is 0 Å². The highest BCUT2D eigenvalue weighted by atomic mass is 19.4. The molecule has 0 aliphatic heterocycles. The molecule has 14 heavy (non-hydrogen) atoms. The highest BCUT2D eigenvalue weighted by Crippen LogP contribution is 2.33. The van der Waals surface area contributed by atoms with E-state index < -0.39 is 11.7 Å². The molecule has 4 heteroatoms. The summed E-state index contributed by atoms with van der Waals surface area (Å²) in [7, 11) is 1.37. The first-order valence-electron chi connectivity index (χ1n) is 4.23. The summed E-state index contributed by atoms with van der Waals surface area (Å²) in [5.41, 5.74) is 0.104. The maximum atomic E-state index is 12.3. The number of rotatable bonds is 2. The number of ether oxygens (including phenoxy) is 1. The standard InChI is InChI=1S/C10H11F3O/c1-3-7-4-5-8(10(11,12)13)6-9(7)14-2/h4-6H,3H2,1-2H3. The molecule has 1 rings (SSSR count). The van der Waals surface area contributed by atoms with E-state index in [1.54, 1.807) is 0 Å². The van der Waals surface area contributed by atoms with Crippen molar-refractivity contribution in [1.82, 2.24) is 0 Å². The summed E-state index contributed by atoms with van der Waals surface area (Å²) >= 11 is 0. The number of halogens is 3. The summed E-state index contributed by atoms with van der Waals surface area (Å²) in [6.07, 6.45) is -3.65. The molecule has 0 N–H and O–H groups in total. The lowest BCUT2D eigenvalue weighted by Crippen LogP contribution is -2.05. The summed E-state index contributed by atoms with van der Waals surface area (Å²) in [5.74, 6) is 0.294. The van der Waals surface area contributed by atoms with Gasteiger partial charge < -0.3 is 4.74 Å². The molecule has 0 bridgehead atoms. The number of methoxy groups -OCH3 is 1. The van der Waals surface area contributed by atoms with Gasteiger partial charge in [-0.3, -0.25) is 0 Å². The molecule has 0 aromatic heterocycles. The minimum atomic E-state index is -4.31. The molecular formula is C10H11F3O. The van der Waals surface area contributed by atoms with E-state index in [1.807, 2.05) is 6.92 Å².